The smallest absolute Gasteiger partial charge is 0.358 e. The number of nitrogens with zero attached hydrogens (tertiary/aromatic N) is 1. The fourth-order valence-electron chi connectivity index (χ4n) is 1.91. The van der Waals surface area contributed by atoms with Crippen LogP contribution in [0.15, 0.2) is 22.9 Å². The number of hydrogen-bond acceptors (Lipinski definition) is 6. The molecule has 2 heterocycles. The minimum atomic E-state index is -0.572. The lowest BCUT2D eigenvalue weighted by Crippen LogP contribution is -2.35. The fraction of sp³-hybridized carbons (Fsp3) is 0.400. The van der Waals surface area contributed by atoms with E-state index in [0.29, 0.717) is 0 Å². The van der Waals surface area contributed by atoms with Crippen LogP contribution in [0.1, 0.15) is 37.2 Å². The van der Waals surface area contributed by atoms with Crippen LogP contribution < -0.4 is 5.32 Å². The zero-order valence-corrected chi connectivity index (χ0v) is 14.1. The van der Waals surface area contributed by atoms with Gasteiger partial charge < -0.3 is 10.1 Å². The van der Waals surface area contributed by atoms with Gasteiger partial charge in [-0.05, 0) is 24.8 Å². The second-order valence-electron chi connectivity index (χ2n) is 4.85. The maximum atomic E-state index is 11.9. The molecule has 0 aliphatic rings. The molecule has 1 unspecified atom stereocenters. The molecule has 0 bridgehead atoms. The predicted molar refractivity (Wildman–Crippen MR) is 88.2 cm³/mol. The average molecular weight is 338 g/mol. The van der Waals surface area contributed by atoms with Crippen LogP contribution in [0.5, 0.6) is 0 Å². The monoisotopic (exact) mass is 338 g/mol. The lowest BCUT2D eigenvalue weighted by Gasteiger charge is -2.12. The highest BCUT2D eigenvalue weighted by molar-refractivity contribution is 7.20. The van der Waals surface area contributed by atoms with E-state index < -0.39 is 5.97 Å². The number of thiazole rings is 1. The summed E-state index contributed by atoms with van der Waals surface area (Å²) in [6, 6.07) is 3.96. The predicted octanol–water partition coefficient (Wildman–Crippen LogP) is 3.33. The summed E-state index contributed by atoms with van der Waals surface area (Å²) >= 11 is 2.95. The molecule has 7 heteroatoms. The zero-order valence-electron chi connectivity index (χ0n) is 12.5. The van der Waals surface area contributed by atoms with Gasteiger partial charge in [0.05, 0.1) is 4.88 Å². The fourth-order valence-corrected chi connectivity index (χ4v) is 3.51. The van der Waals surface area contributed by atoms with Gasteiger partial charge >= 0.3 is 5.97 Å². The Labute approximate surface area is 137 Å². The van der Waals surface area contributed by atoms with Crippen molar-refractivity contribution in [3.8, 4) is 9.88 Å². The Morgan fingerprint density at radius 2 is 2.23 bits per heavy atom. The van der Waals surface area contributed by atoms with Crippen LogP contribution in [0.2, 0.25) is 0 Å². The molecule has 0 radical (unpaired) electrons. The first-order valence-corrected chi connectivity index (χ1v) is 8.82. The molecule has 5 nitrogen and oxygen atoms in total. The van der Waals surface area contributed by atoms with Crippen molar-refractivity contribution in [3.63, 3.8) is 0 Å². The summed E-state index contributed by atoms with van der Waals surface area (Å²) in [4.78, 5) is 28.8. The minimum Gasteiger partial charge on any atom is -0.451 e. The quantitative estimate of drug-likeness (QED) is 0.786. The maximum absolute atomic E-state index is 11.9. The first kappa shape index (κ1) is 16.6. The Balaban J connectivity index is 1.84. The minimum absolute atomic E-state index is 0.0842. The third-order valence-corrected chi connectivity index (χ3v) is 4.79. The van der Waals surface area contributed by atoms with Gasteiger partial charge in [-0.2, -0.15) is 0 Å². The lowest BCUT2D eigenvalue weighted by molar-refractivity contribution is -0.124. The molecular weight excluding hydrogens is 320 g/mol. The number of carbonyl (C=O) groups is 2. The Kier molecular flexibility index (Phi) is 6.09. The molecule has 0 aliphatic carbocycles. The highest BCUT2D eigenvalue weighted by Gasteiger charge is 2.15. The van der Waals surface area contributed by atoms with Gasteiger partial charge in [-0.15, -0.1) is 22.7 Å². The number of carbonyl (C=O) groups excluding carboxylic acids is 2. The van der Waals surface area contributed by atoms with Crippen LogP contribution in [0, 0.1) is 0 Å². The van der Waals surface area contributed by atoms with Gasteiger partial charge in [-0.3, -0.25) is 4.79 Å². The van der Waals surface area contributed by atoms with Crippen molar-refractivity contribution < 1.29 is 14.3 Å². The Hall–Kier alpha value is -1.73. The van der Waals surface area contributed by atoms with Gasteiger partial charge in [-0.25, -0.2) is 9.78 Å². The van der Waals surface area contributed by atoms with Gasteiger partial charge in [0.2, 0.25) is 0 Å². The zero-order chi connectivity index (χ0) is 15.9. The number of nitrogens with one attached hydrogen (secondary N) is 1. The lowest BCUT2D eigenvalue weighted by atomic mass is 10.2. The van der Waals surface area contributed by atoms with E-state index in [2.05, 4.69) is 17.2 Å². The van der Waals surface area contributed by atoms with E-state index in [1.807, 2.05) is 24.4 Å². The Bertz CT molecular complexity index is 623. The summed E-state index contributed by atoms with van der Waals surface area (Å²) in [5, 5.41) is 7.17. The maximum Gasteiger partial charge on any atom is 0.358 e. The third kappa shape index (κ3) is 4.64. The van der Waals surface area contributed by atoms with Crippen LogP contribution in [0.3, 0.4) is 0 Å². The number of rotatable bonds is 7. The Morgan fingerprint density at radius 3 is 2.91 bits per heavy atom. The van der Waals surface area contributed by atoms with Gasteiger partial charge in [0.25, 0.3) is 5.91 Å². The number of esters is 1. The largest absolute Gasteiger partial charge is 0.451 e. The van der Waals surface area contributed by atoms with Gasteiger partial charge in [0.1, 0.15) is 5.01 Å². The molecule has 0 aromatic carbocycles. The number of amides is 1. The highest BCUT2D eigenvalue weighted by Crippen LogP contribution is 2.27. The van der Waals surface area contributed by atoms with E-state index in [1.165, 1.54) is 11.3 Å². The molecule has 0 saturated heterocycles. The van der Waals surface area contributed by atoms with E-state index in [1.54, 1.807) is 16.7 Å². The standard InChI is InChI=1S/C15H18N2O3S2/c1-3-5-10(2)16-13(18)8-20-15(19)11-9-22-14(17-11)12-6-4-7-21-12/h4,6-7,9-10H,3,5,8H2,1-2H3,(H,16,18). The van der Waals surface area contributed by atoms with E-state index in [0.717, 1.165) is 22.7 Å². The molecule has 1 atom stereocenters. The van der Waals surface area contributed by atoms with E-state index in [-0.39, 0.29) is 24.2 Å². The van der Waals surface area contributed by atoms with Crippen molar-refractivity contribution in [1.29, 1.82) is 0 Å². The summed E-state index contributed by atoms with van der Waals surface area (Å²) in [6.45, 7) is 3.70. The van der Waals surface area contributed by atoms with Crippen molar-refractivity contribution in [2.45, 2.75) is 32.7 Å². The normalized spacial score (nSPS) is 11.9. The van der Waals surface area contributed by atoms with Crippen LogP contribution in [0.25, 0.3) is 9.88 Å². The third-order valence-electron chi connectivity index (χ3n) is 2.91. The van der Waals surface area contributed by atoms with Crippen molar-refractivity contribution >= 4 is 34.6 Å². The molecule has 2 aromatic rings. The molecule has 2 rings (SSSR count). The molecular formula is C15H18N2O3S2. The molecule has 2 aromatic heterocycles. The second-order valence-corrected chi connectivity index (χ2v) is 6.65. The molecule has 0 fully saturated rings. The van der Waals surface area contributed by atoms with Crippen molar-refractivity contribution in [1.82, 2.24) is 10.3 Å². The summed E-state index contributed by atoms with van der Waals surface area (Å²) in [6.07, 6.45) is 1.89. The average Bonchev–Trinajstić information content (AvgIpc) is 3.15. The van der Waals surface area contributed by atoms with Gasteiger partial charge in [0.15, 0.2) is 12.3 Å². The molecule has 1 N–H and O–H groups in total. The number of aromatic nitrogens is 1. The highest BCUT2D eigenvalue weighted by atomic mass is 32.1. The first-order valence-electron chi connectivity index (χ1n) is 7.06. The van der Waals surface area contributed by atoms with Crippen LogP contribution in [-0.4, -0.2) is 29.5 Å². The Morgan fingerprint density at radius 1 is 1.41 bits per heavy atom. The molecule has 22 heavy (non-hydrogen) atoms. The molecule has 118 valence electrons. The SMILES string of the molecule is CCCC(C)NC(=O)COC(=O)c1csc(-c2cccs2)n1. The van der Waals surface area contributed by atoms with E-state index in [9.17, 15) is 9.59 Å². The topological polar surface area (TPSA) is 68.3 Å². The van der Waals surface area contributed by atoms with Crippen molar-refractivity contribution in [3.05, 3.63) is 28.6 Å². The second kappa shape index (κ2) is 8.05. The molecule has 1 amide bonds. The summed E-state index contributed by atoms with van der Waals surface area (Å²) in [5.74, 6) is -0.861. The summed E-state index contributed by atoms with van der Waals surface area (Å²) in [7, 11) is 0. The summed E-state index contributed by atoms with van der Waals surface area (Å²) in [5.41, 5.74) is 0.239. The van der Waals surface area contributed by atoms with Gasteiger partial charge in [0, 0.05) is 11.4 Å². The molecule has 0 saturated carbocycles. The number of ether oxygens (including phenoxy) is 1. The van der Waals surface area contributed by atoms with Crippen molar-refractivity contribution in [2.75, 3.05) is 6.61 Å². The number of thiophene rings is 1. The molecule has 0 aliphatic heterocycles. The number of hydrogen-bond donors (Lipinski definition) is 1. The van der Waals surface area contributed by atoms with Gasteiger partial charge in [-0.1, -0.05) is 19.4 Å². The van der Waals surface area contributed by atoms with Crippen LogP contribution in [-0.2, 0) is 9.53 Å². The van der Waals surface area contributed by atoms with Crippen LogP contribution >= 0.6 is 22.7 Å². The van der Waals surface area contributed by atoms with E-state index >= 15 is 0 Å². The van der Waals surface area contributed by atoms with Crippen LogP contribution in [0.4, 0.5) is 0 Å². The summed E-state index contributed by atoms with van der Waals surface area (Å²) < 4.78 is 5.00. The van der Waals surface area contributed by atoms with Crippen molar-refractivity contribution in [2.24, 2.45) is 0 Å². The van der Waals surface area contributed by atoms with E-state index in [4.69, 9.17) is 4.74 Å². The molecule has 0 spiro atoms. The first-order chi connectivity index (χ1) is 10.6.